The zero-order valence-corrected chi connectivity index (χ0v) is 7.58. The first-order valence-corrected chi connectivity index (χ1v) is 4.37. The van der Waals surface area contributed by atoms with Gasteiger partial charge in [-0.15, -0.1) is 0 Å². The number of nitrogens with two attached hydrogens (primary N) is 2. The molecule has 0 aromatic rings. The van der Waals surface area contributed by atoms with Crippen LogP contribution in [0, 0.1) is 0 Å². The highest BCUT2D eigenvalue weighted by Gasteiger charge is 2.04. The topological polar surface area (TPSA) is 78.3 Å². The Hall–Kier alpha value is -0.610. The van der Waals surface area contributed by atoms with E-state index >= 15 is 0 Å². The molecule has 4 N–H and O–H groups in total. The van der Waals surface area contributed by atoms with Crippen LogP contribution in [0.3, 0.4) is 0 Å². The molecule has 0 rings (SSSR count). The first kappa shape index (κ1) is 11.4. The summed E-state index contributed by atoms with van der Waals surface area (Å²) in [7, 11) is 0. The number of rotatable bonds is 6. The number of carbonyl (C=O) groups excluding carboxylic acids is 1. The molecule has 0 bridgehead atoms. The van der Waals surface area contributed by atoms with Crippen LogP contribution in [0.5, 0.6) is 0 Å². The van der Waals surface area contributed by atoms with E-state index in [0.717, 1.165) is 25.7 Å². The highest BCUT2D eigenvalue weighted by molar-refractivity contribution is 5.69. The van der Waals surface area contributed by atoms with E-state index in [4.69, 9.17) is 11.5 Å². The van der Waals surface area contributed by atoms with Crippen LogP contribution in [0.25, 0.3) is 0 Å². The van der Waals surface area contributed by atoms with Crippen molar-refractivity contribution in [2.24, 2.45) is 11.5 Å². The summed E-state index contributed by atoms with van der Waals surface area (Å²) in [6.07, 6.45) is 3.69. The van der Waals surface area contributed by atoms with E-state index in [0.29, 0.717) is 6.42 Å². The van der Waals surface area contributed by atoms with E-state index in [9.17, 15) is 4.79 Å². The van der Waals surface area contributed by atoms with E-state index in [1.807, 2.05) is 0 Å². The molecule has 0 aromatic heterocycles. The molecule has 0 saturated heterocycles. The van der Waals surface area contributed by atoms with Gasteiger partial charge in [-0.1, -0.05) is 26.2 Å². The zero-order chi connectivity index (χ0) is 9.40. The molecule has 0 aromatic carbocycles. The maximum atomic E-state index is 10.8. The third-order valence-corrected chi connectivity index (χ3v) is 1.50. The lowest BCUT2D eigenvalue weighted by Gasteiger charge is -2.06. The van der Waals surface area contributed by atoms with Crippen LogP contribution < -0.4 is 11.5 Å². The van der Waals surface area contributed by atoms with Crippen molar-refractivity contribution < 1.29 is 9.53 Å². The molecule has 0 saturated carbocycles. The fourth-order valence-corrected chi connectivity index (χ4v) is 0.907. The normalized spacial score (nSPS) is 10.3. The van der Waals surface area contributed by atoms with Crippen LogP contribution in [0.4, 0.5) is 0 Å². The maximum Gasteiger partial charge on any atom is 0.308 e. The third-order valence-electron chi connectivity index (χ3n) is 1.50. The lowest BCUT2D eigenvalue weighted by Crippen LogP contribution is -2.35. The summed E-state index contributed by atoms with van der Waals surface area (Å²) in [5.74, 6) is -0.305. The smallest absolute Gasteiger partial charge is 0.308 e. The van der Waals surface area contributed by atoms with Gasteiger partial charge in [0.1, 0.15) is 0 Å². The summed E-state index contributed by atoms with van der Waals surface area (Å²) < 4.78 is 4.55. The van der Waals surface area contributed by atoms with Gasteiger partial charge in [-0.05, 0) is 6.42 Å². The first-order chi connectivity index (χ1) is 5.66. The Morgan fingerprint density at radius 3 is 2.50 bits per heavy atom. The van der Waals surface area contributed by atoms with Gasteiger partial charge in [0.05, 0.1) is 0 Å². The molecule has 0 amide bonds. The van der Waals surface area contributed by atoms with Crippen molar-refractivity contribution in [3.8, 4) is 0 Å². The van der Waals surface area contributed by atoms with Gasteiger partial charge >= 0.3 is 5.97 Å². The Morgan fingerprint density at radius 2 is 2.00 bits per heavy atom. The van der Waals surface area contributed by atoms with Crippen molar-refractivity contribution >= 4 is 5.97 Å². The lowest BCUT2D eigenvalue weighted by atomic mass is 10.2. The van der Waals surface area contributed by atoms with Gasteiger partial charge in [0, 0.05) is 6.42 Å². The molecule has 0 heterocycles. The fraction of sp³-hybridized carbons (Fsp3) is 0.875. The molecule has 0 aliphatic heterocycles. The molecule has 12 heavy (non-hydrogen) atoms. The fourth-order valence-electron chi connectivity index (χ4n) is 0.907. The van der Waals surface area contributed by atoms with Gasteiger partial charge in [0.25, 0.3) is 0 Å². The van der Waals surface area contributed by atoms with E-state index in [2.05, 4.69) is 11.7 Å². The monoisotopic (exact) mass is 174 g/mol. The van der Waals surface area contributed by atoms with Crippen LogP contribution in [0.15, 0.2) is 0 Å². The van der Waals surface area contributed by atoms with Crippen molar-refractivity contribution in [1.29, 1.82) is 0 Å². The summed E-state index contributed by atoms with van der Waals surface area (Å²) in [6, 6.07) is 0. The number of unbranched alkanes of at least 4 members (excludes halogenated alkanes) is 3. The Bertz CT molecular complexity index is 126. The first-order valence-electron chi connectivity index (χ1n) is 4.37. The van der Waals surface area contributed by atoms with Crippen molar-refractivity contribution in [1.82, 2.24) is 0 Å². The summed E-state index contributed by atoms with van der Waals surface area (Å²) in [5, 5.41) is 0. The predicted octanol–water partition coefficient (Wildman–Crippen LogP) is 0.701. The predicted molar refractivity (Wildman–Crippen MR) is 47.0 cm³/mol. The Labute approximate surface area is 73.2 Å². The Morgan fingerprint density at radius 1 is 1.33 bits per heavy atom. The minimum absolute atomic E-state index is 0.305. The molecular weight excluding hydrogens is 156 g/mol. The number of hydrogen-bond acceptors (Lipinski definition) is 4. The second-order valence-corrected chi connectivity index (χ2v) is 2.77. The third kappa shape index (κ3) is 7.50. The van der Waals surface area contributed by atoms with E-state index in [1.165, 1.54) is 0 Å². The molecule has 0 fully saturated rings. The molecule has 0 spiro atoms. The van der Waals surface area contributed by atoms with E-state index in [-0.39, 0.29) is 5.97 Å². The molecule has 0 aliphatic carbocycles. The molecular formula is C8H18N2O2. The van der Waals surface area contributed by atoms with Gasteiger partial charge in [-0.3, -0.25) is 16.3 Å². The largest absolute Gasteiger partial charge is 0.433 e. The van der Waals surface area contributed by atoms with Crippen molar-refractivity contribution in [2.45, 2.75) is 45.4 Å². The average molecular weight is 174 g/mol. The maximum absolute atomic E-state index is 10.8. The van der Waals surface area contributed by atoms with Gasteiger partial charge in [0.2, 0.25) is 6.35 Å². The van der Waals surface area contributed by atoms with Gasteiger partial charge in [0.15, 0.2) is 0 Å². The quantitative estimate of drug-likeness (QED) is 0.353. The summed E-state index contributed by atoms with van der Waals surface area (Å²) in [5.41, 5.74) is 10.1. The molecule has 72 valence electrons. The molecule has 0 unspecified atom stereocenters. The van der Waals surface area contributed by atoms with Crippen LogP contribution in [-0.2, 0) is 9.53 Å². The standard InChI is InChI=1S/C8H18N2O2/c1-2-3-4-5-6-7(11)12-8(9)10/h8H,2-6,9-10H2,1H3. The summed E-state index contributed by atoms with van der Waals surface area (Å²) >= 11 is 0. The van der Waals surface area contributed by atoms with Gasteiger partial charge < -0.3 is 4.74 Å². The second-order valence-electron chi connectivity index (χ2n) is 2.77. The van der Waals surface area contributed by atoms with Gasteiger partial charge in [-0.25, -0.2) is 0 Å². The van der Waals surface area contributed by atoms with E-state index < -0.39 is 6.35 Å². The molecule has 0 radical (unpaired) electrons. The van der Waals surface area contributed by atoms with Crippen molar-refractivity contribution in [2.75, 3.05) is 0 Å². The molecule has 0 aliphatic rings. The highest BCUT2D eigenvalue weighted by atomic mass is 16.6. The van der Waals surface area contributed by atoms with Crippen LogP contribution in [0.2, 0.25) is 0 Å². The van der Waals surface area contributed by atoms with Gasteiger partial charge in [-0.2, -0.15) is 0 Å². The Balaban J connectivity index is 3.20. The van der Waals surface area contributed by atoms with Crippen LogP contribution in [0.1, 0.15) is 39.0 Å². The highest BCUT2D eigenvalue weighted by Crippen LogP contribution is 2.03. The molecule has 4 heteroatoms. The zero-order valence-electron chi connectivity index (χ0n) is 7.58. The Kier molecular flexibility index (Phi) is 6.70. The summed E-state index contributed by atoms with van der Waals surface area (Å²) in [6.45, 7) is 2.12. The van der Waals surface area contributed by atoms with Crippen molar-refractivity contribution in [3.63, 3.8) is 0 Å². The van der Waals surface area contributed by atoms with Crippen LogP contribution >= 0.6 is 0 Å². The van der Waals surface area contributed by atoms with Crippen molar-refractivity contribution in [3.05, 3.63) is 0 Å². The number of esters is 1. The number of carbonyl (C=O) groups is 1. The molecule has 0 atom stereocenters. The SMILES string of the molecule is CCCCCCC(=O)OC(N)N. The molecule has 4 nitrogen and oxygen atoms in total. The second kappa shape index (κ2) is 7.06. The number of ether oxygens (including phenoxy) is 1. The van der Waals surface area contributed by atoms with Crippen LogP contribution in [-0.4, -0.2) is 12.3 Å². The number of hydrogen-bond donors (Lipinski definition) is 2. The van der Waals surface area contributed by atoms with E-state index in [1.54, 1.807) is 0 Å². The lowest BCUT2D eigenvalue weighted by molar-refractivity contribution is -0.148. The average Bonchev–Trinajstić information content (AvgIpc) is 1.97. The minimum Gasteiger partial charge on any atom is -0.433 e. The minimum atomic E-state index is -0.969. The summed E-state index contributed by atoms with van der Waals surface area (Å²) in [4.78, 5) is 10.8.